The Labute approximate surface area is 207 Å². The number of carbonyl (C=O) groups is 2. The maximum absolute atomic E-state index is 13.6. The van der Waals surface area contributed by atoms with Gasteiger partial charge in [-0.25, -0.2) is 22.5 Å². The minimum absolute atomic E-state index is 0.0459. The van der Waals surface area contributed by atoms with Gasteiger partial charge in [0.15, 0.2) is 21.3 Å². The molecule has 184 valence electrons. The lowest BCUT2D eigenvalue weighted by molar-refractivity contribution is 0.101. The van der Waals surface area contributed by atoms with E-state index >= 15 is 0 Å². The number of aryl methyl sites for hydroxylation is 1. The van der Waals surface area contributed by atoms with E-state index in [4.69, 9.17) is 4.98 Å². The number of aromatic nitrogens is 3. The smallest absolute Gasteiger partial charge is 0.256 e. The Hall–Kier alpha value is -3.92. The van der Waals surface area contributed by atoms with Gasteiger partial charge in [0.25, 0.3) is 5.91 Å². The molecule has 1 aliphatic rings. The highest BCUT2D eigenvalue weighted by molar-refractivity contribution is 7.91. The van der Waals surface area contributed by atoms with E-state index in [0.29, 0.717) is 51.2 Å². The number of nitrogens with one attached hydrogen (secondary N) is 1. The predicted octanol–water partition coefficient (Wildman–Crippen LogP) is 4.36. The third kappa shape index (κ3) is 4.51. The third-order valence-electron chi connectivity index (χ3n) is 6.33. The Morgan fingerprint density at radius 1 is 1.08 bits per heavy atom. The van der Waals surface area contributed by atoms with Gasteiger partial charge in [0.1, 0.15) is 5.82 Å². The Balaban J connectivity index is 1.63. The zero-order chi connectivity index (χ0) is 25.6. The minimum atomic E-state index is -3.18. The first kappa shape index (κ1) is 23.8. The zero-order valence-corrected chi connectivity index (χ0v) is 20.5. The first-order valence-corrected chi connectivity index (χ1v) is 13.2. The number of anilines is 1. The van der Waals surface area contributed by atoms with Crippen LogP contribution in [0.15, 0.2) is 54.6 Å². The largest absolute Gasteiger partial charge is 0.322 e. The highest BCUT2D eigenvalue weighted by Gasteiger charge is 2.32. The number of pyridine rings is 1. The molecule has 0 saturated carbocycles. The summed E-state index contributed by atoms with van der Waals surface area (Å²) in [4.78, 5) is 29.8. The van der Waals surface area contributed by atoms with Crippen molar-refractivity contribution in [2.75, 3.05) is 16.8 Å². The number of Topliss-reactive ketones (excluding diaryl/α,β-unsaturated/α-hetero) is 1. The van der Waals surface area contributed by atoms with Gasteiger partial charge in [0, 0.05) is 16.8 Å². The summed E-state index contributed by atoms with van der Waals surface area (Å²) in [7, 11) is -3.18. The Morgan fingerprint density at radius 2 is 1.78 bits per heavy atom. The number of sulfone groups is 1. The van der Waals surface area contributed by atoms with Gasteiger partial charge in [-0.05, 0) is 74.9 Å². The van der Waals surface area contributed by atoms with E-state index in [-0.39, 0.29) is 17.3 Å². The first-order valence-electron chi connectivity index (χ1n) is 11.4. The molecular formula is C26H23FN4O4S. The van der Waals surface area contributed by atoms with Crippen molar-refractivity contribution in [3.05, 3.63) is 77.2 Å². The SMILES string of the molecule is CC(=O)c1ccc(NC(=O)c2cc(-c3ccc(F)cc3)nc3c2c(C)nn3C2CCS(=O)(=O)C2)cc1. The van der Waals surface area contributed by atoms with Gasteiger partial charge in [-0.2, -0.15) is 5.10 Å². The van der Waals surface area contributed by atoms with Crippen LogP contribution >= 0.6 is 0 Å². The summed E-state index contributed by atoms with van der Waals surface area (Å²) < 4.78 is 39.4. The molecule has 0 spiro atoms. The summed E-state index contributed by atoms with van der Waals surface area (Å²) in [5, 5.41) is 7.95. The van der Waals surface area contributed by atoms with E-state index in [1.807, 2.05) is 0 Å². The number of rotatable bonds is 5. The maximum Gasteiger partial charge on any atom is 0.256 e. The summed E-state index contributed by atoms with van der Waals surface area (Å²) in [6.45, 7) is 3.22. The molecule has 10 heteroatoms. The van der Waals surface area contributed by atoms with Crippen LogP contribution in [0.5, 0.6) is 0 Å². The summed E-state index contributed by atoms with van der Waals surface area (Å²) >= 11 is 0. The number of halogens is 1. The number of benzene rings is 2. The number of amides is 1. The molecule has 1 fully saturated rings. The van der Waals surface area contributed by atoms with Crippen LogP contribution in [0.3, 0.4) is 0 Å². The van der Waals surface area contributed by atoms with Crippen molar-refractivity contribution in [3.63, 3.8) is 0 Å². The lowest BCUT2D eigenvalue weighted by Crippen LogP contribution is -2.15. The Kier molecular flexibility index (Phi) is 5.91. The number of ketones is 1. The second kappa shape index (κ2) is 8.94. The number of nitrogens with zero attached hydrogens (tertiary/aromatic N) is 3. The number of carbonyl (C=O) groups excluding carboxylic acids is 2. The van der Waals surface area contributed by atoms with Gasteiger partial charge in [0.2, 0.25) is 0 Å². The fourth-order valence-electron chi connectivity index (χ4n) is 4.47. The molecule has 1 atom stereocenters. The number of hydrogen-bond donors (Lipinski definition) is 1. The van der Waals surface area contributed by atoms with E-state index in [1.54, 1.807) is 54.1 Å². The molecule has 0 radical (unpaired) electrons. The van der Waals surface area contributed by atoms with Crippen LogP contribution in [0.2, 0.25) is 0 Å². The van der Waals surface area contributed by atoms with Crippen LogP contribution < -0.4 is 5.32 Å². The molecule has 1 saturated heterocycles. The van der Waals surface area contributed by atoms with Crippen molar-refractivity contribution in [1.82, 2.24) is 14.8 Å². The van der Waals surface area contributed by atoms with Crippen LogP contribution in [0.25, 0.3) is 22.3 Å². The quantitative estimate of drug-likeness (QED) is 0.403. The maximum atomic E-state index is 13.6. The molecule has 2 aromatic heterocycles. The normalized spacial score (nSPS) is 16.8. The topological polar surface area (TPSA) is 111 Å². The highest BCUT2D eigenvalue weighted by atomic mass is 32.2. The predicted molar refractivity (Wildman–Crippen MR) is 134 cm³/mol. The Bertz CT molecular complexity index is 1610. The van der Waals surface area contributed by atoms with Crippen molar-refractivity contribution in [1.29, 1.82) is 0 Å². The lowest BCUT2D eigenvalue weighted by Gasteiger charge is -2.12. The molecule has 1 N–H and O–H groups in total. The molecule has 5 rings (SSSR count). The molecule has 0 aliphatic carbocycles. The van der Waals surface area contributed by atoms with Crippen LogP contribution in [-0.4, -0.2) is 46.4 Å². The van der Waals surface area contributed by atoms with Crippen molar-refractivity contribution < 1.29 is 22.4 Å². The summed E-state index contributed by atoms with van der Waals surface area (Å²) in [6, 6.07) is 13.5. The van der Waals surface area contributed by atoms with Crippen molar-refractivity contribution in [2.45, 2.75) is 26.3 Å². The first-order chi connectivity index (χ1) is 17.1. The fourth-order valence-corrected chi connectivity index (χ4v) is 6.16. The second-order valence-corrected chi connectivity index (χ2v) is 11.2. The minimum Gasteiger partial charge on any atom is -0.322 e. The van der Waals surface area contributed by atoms with Gasteiger partial charge in [-0.1, -0.05) is 0 Å². The van der Waals surface area contributed by atoms with Crippen LogP contribution in [0.1, 0.15) is 45.8 Å². The van der Waals surface area contributed by atoms with E-state index in [2.05, 4.69) is 10.4 Å². The number of hydrogen-bond acceptors (Lipinski definition) is 6. The molecule has 8 nitrogen and oxygen atoms in total. The highest BCUT2D eigenvalue weighted by Crippen LogP contribution is 2.32. The monoisotopic (exact) mass is 506 g/mol. The third-order valence-corrected chi connectivity index (χ3v) is 8.08. The van der Waals surface area contributed by atoms with Crippen LogP contribution in [0, 0.1) is 12.7 Å². The molecule has 1 aliphatic heterocycles. The van der Waals surface area contributed by atoms with Gasteiger partial charge in [-0.15, -0.1) is 0 Å². The number of fused-ring (bicyclic) bond motifs is 1. The summed E-state index contributed by atoms with van der Waals surface area (Å²) in [5.41, 5.74) is 3.31. The molecule has 36 heavy (non-hydrogen) atoms. The van der Waals surface area contributed by atoms with Gasteiger partial charge in [0.05, 0.1) is 39.9 Å². The van der Waals surface area contributed by atoms with Crippen LogP contribution in [-0.2, 0) is 9.84 Å². The molecule has 2 aromatic carbocycles. The molecule has 0 bridgehead atoms. The van der Waals surface area contributed by atoms with Crippen molar-refractivity contribution in [2.24, 2.45) is 0 Å². The van der Waals surface area contributed by atoms with Gasteiger partial charge >= 0.3 is 0 Å². The van der Waals surface area contributed by atoms with Crippen LogP contribution in [0.4, 0.5) is 10.1 Å². The fraction of sp³-hybridized carbons (Fsp3) is 0.231. The molecule has 1 amide bonds. The standard InChI is InChI=1S/C26H23FN4O4S/c1-15-24-22(26(33)28-20-9-5-17(6-10-20)16(2)32)13-23(18-3-7-19(27)8-4-18)29-25(24)31(30-15)21-11-12-36(34,35)14-21/h3-10,13,21H,11-12,14H2,1-2H3,(H,28,33). The van der Waals surface area contributed by atoms with Crippen molar-refractivity contribution >= 4 is 38.2 Å². The lowest BCUT2D eigenvalue weighted by atomic mass is 10.0. The average molecular weight is 507 g/mol. The second-order valence-electron chi connectivity index (χ2n) is 8.94. The summed E-state index contributed by atoms with van der Waals surface area (Å²) in [6.07, 6.45) is 0.408. The van der Waals surface area contributed by atoms with Gasteiger partial charge < -0.3 is 5.32 Å². The Morgan fingerprint density at radius 3 is 2.39 bits per heavy atom. The zero-order valence-electron chi connectivity index (χ0n) is 19.7. The van der Waals surface area contributed by atoms with E-state index < -0.39 is 27.6 Å². The van der Waals surface area contributed by atoms with E-state index in [0.717, 1.165) is 0 Å². The molecule has 3 heterocycles. The van der Waals surface area contributed by atoms with Gasteiger partial charge in [-0.3, -0.25) is 9.59 Å². The summed E-state index contributed by atoms with van der Waals surface area (Å²) in [5.74, 6) is -0.869. The van der Waals surface area contributed by atoms with Crippen molar-refractivity contribution in [3.8, 4) is 11.3 Å². The molecular weight excluding hydrogens is 483 g/mol. The van der Waals surface area contributed by atoms with E-state index in [9.17, 15) is 22.4 Å². The molecule has 1 unspecified atom stereocenters. The molecule has 4 aromatic rings. The van der Waals surface area contributed by atoms with E-state index in [1.165, 1.54) is 19.1 Å². The average Bonchev–Trinajstić information content (AvgIpc) is 3.38.